The van der Waals surface area contributed by atoms with Gasteiger partial charge in [-0.1, -0.05) is 6.07 Å². The maximum absolute atomic E-state index is 12.5. The number of aliphatic imine (C=N–C) groups is 1. The first kappa shape index (κ1) is 20.2. The molecule has 5 nitrogen and oxygen atoms in total. The molecule has 0 saturated heterocycles. The van der Waals surface area contributed by atoms with Crippen LogP contribution in [0.5, 0.6) is 5.88 Å². The van der Waals surface area contributed by atoms with Gasteiger partial charge in [0.2, 0.25) is 5.88 Å². The van der Waals surface area contributed by atoms with Crippen molar-refractivity contribution in [2.75, 3.05) is 13.6 Å². The topological polar surface area (TPSA) is 50.6 Å². The van der Waals surface area contributed by atoms with Crippen LogP contribution in [0.1, 0.15) is 23.9 Å². The van der Waals surface area contributed by atoms with Gasteiger partial charge in [0, 0.05) is 25.4 Å². The van der Waals surface area contributed by atoms with Gasteiger partial charge in [0.05, 0.1) is 22.2 Å². The highest BCUT2D eigenvalue weighted by molar-refractivity contribution is 9.10. The van der Waals surface area contributed by atoms with Crippen LogP contribution in [0.25, 0.3) is 0 Å². The predicted molar refractivity (Wildman–Crippen MR) is 96.7 cm³/mol. The molecule has 2 aromatic rings. The molecule has 0 spiro atoms. The third-order valence-electron chi connectivity index (χ3n) is 3.49. The Morgan fingerprint density at radius 3 is 2.65 bits per heavy atom. The Kier molecular flexibility index (Phi) is 6.57. The summed E-state index contributed by atoms with van der Waals surface area (Å²) in [5, 5.41) is 0. The van der Waals surface area contributed by atoms with Crippen molar-refractivity contribution in [2.24, 2.45) is 4.99 Å². The van der Waals surface area contributed by atoms with E-state index in [2.05, 4.69) is 30.9 Å². The van der Waals surface area contributed by atoms with Crippen LogP contribution < -0.4 is 4.74 Å². The number of rotatable bonds is 6. The minimum Gasteiger partial charge on any atom is -0.472 e. The van der Waals surface area contributed by atoms with Crippen LogP contribution in [0.15, 0.2) is 33.9 Å². The Labute approximate surface area is 158 Å². The number of aryl methyl sites for hydroxylation is 1. The van der Waals surface area contributed by atoms with E-state index in [0.29, 0.717) is 27.3 Å². The van der Waals surface area contributed by atoms with Crippen molar-refractivity contribution in [3.63, 3.8) is 0 Å². The first-order chi connectivity index (χ1) is 12.2. The van der Waals surface area contributed by atoms with Gasteiger partial charge in [-0.2, -0.15) is 13.2 Å². The lowest BCUT2D eigenvalue weighted by Crippen LogP contribution is -2.14. The number of alkyl halides is 3. The van der Waals surface area contributed by atoms with Gasteiger partial charge in [-0.25, -0.2) is 9.98 Å². The zero-order valence-electron chi connectivity index (χ0n) is 14.5. The Bertz CT molecular complexity index is 779. The first-order valence-corrected chi connectivity index (χ1v) is 8.56. The SMILES string of the molecule is CCN(C)C=Nc1cc(Br)c(OCc2ccc(C(F)(F)F)nc2)nc1C. The monoisotopic (exact) mass is 430 g/mol. The summed E-state index contributed by atoms with van der Waals surface area (Å²) in [6.07, 6.45) is -1.60. The predicted octanol–water partition coefficient (Wildman–Crippen LogP) is 4.76. The molecule has 2 rings (SSSR count). The molecule has 9 heteroatoms. The lowest BCUT2D eigenvalue weighted by atomic mass is 10.2. The number of halogens is 4. The summed E-state index contributed by atoms with van der Waals surface area (Å²) >= 11 is 3.38. The van der Waals surface area contributed by atoms with Gasteiger partial charge >= 0.3 is 6.18 Å². The van der Waals surface area contributed by atoms with Crippen molar-refractivity contribution >= 4 is 28.0 Å². The van der Waals surface area contributed by atoms with Gasteiger partial charge in [0.25, 0.3) is 0 Å². The van der Waals surface area contributed by atoms with E-state index >= 15 is 0 Å². The second-order valence-electron chi connectivity index (χ2n) is 5.54. The molecule has 2 heterocycles. The Morgan fingerprint density at radius 1 is 1.35 bits per heavy atom. The summed E-state index contributed by atoms with van der Waals surface area (Å²) in [5.74, 6) is 0.338. The van der Waals surface area contributed by atoms with Crippen LogP contribution in [0.3, 0.4) is 0 Å². The number of hydrogen-bond acceptors (Lipinski definition) is 4. The molecule has 0 aromatic carbocycles. The maximum atomic E-state index is 12.5. The molecule has 0 aliphatic rings. The molecule has 0 atom stereocenters. The highest BCUT2D eigenvalue weighted by atomic mass is 79.9. The molecule has 0 N–H and O–H groups in total. The first-order valence-electron chi connectivity index (χ1n) is 7.77. The summed E-state index contributed by atoms with van der Waals surface area (Å²) in [6.45, 7) is 4.70. The van der Waals surface area contributed by atoms with E-state index in [-0.39, 0.29) is 6.61 Å². The van der Waals surface area contributed by atoms with Gasteiger partial charge in [-0.05, 0) is 41.9 Å². The molecule has 0 aliphatic carbocycles. The van der Waals surface area contributed by atoms with Crippen LogP contribution in [-0.4, -0.2) is 34.8 Å². The zero-order chi connectivity index (χ0) is 19.3. The molecular weight excluding hydrogens is 413 g/mol. The Morgan fingerprint density at radius 2 is 2.08 bits per heavy atom. The average Bonchev–Trinajstić information content (AvgIpc) is 2.60. The fourth-order valence-electron chi connectivity index (χ4n) is 1.85. The number of nitrogens with zero attached hydrogens (tertiary/aromatic N) is 4. The van der Waals surface area contributed by atoms with E-state index in [4.69, 9.17) is 4.74 Å². The quantitative estimate of drug-likeness (QED) is 0.489. The minimum absolute atomic E-state index is 0.0529. The number of aromatic nitrogens is 2. The molecule has 140 valence electrons. The van der Waals surface area contributed by atoms with Crippen molar-refractivity contribution in [2.45, 2.75) is 26.6 Å². The van der Waals surface area contributed by atoms with Gasteiger partial charge in [0.15, 0.2) is 0 Å². The second kappa shape index (κ2) is 8.48. The van der Waals surface area contributed by atoms with Crippen molar-refractivity contribution < 1.29 is 17.9 Å². The van der Waals surface area contributed by atoms with Crippen LogP contribution in [0, 0.1) is 6.92 Å². The lowest BCUT2D eigenvalue weighted by Gasteiger charge is -2.11. The number of hydrogen-bond donors (Lipinski definition) is 0. The molecule has 2 aromatic heterocycles. The summed E-state index contributed by atoms with van der Waals surface area (Å²) in [4.78, 5) is 14.0. The van der Waals surface area contributed by atoms with Gasteiger partial charge < -0.3 is 9.64 Å². The van der Waals surface area contributed by atoms with Crippen molar-refractivity contribution in [3.8, 4) is 5.88 Å². The summed E-state index contributed by atoms with van der Waals surface area (Å²) in [6, 6.07) is 4.03. The second-order valence-corrected chi connectivity index (χ2v) is 6.39. The molecule has 0 saturated carbocycles. The molecular formula is C17H18BrF3N4O. The molecule has 0 radical (unpaired) electrons. The van der Waals surface area contributed by atoms with Gasteiger partial charge in [-0.15, -0.1) is 0 Å². The molecule has 0 fully saturated rings. The normalized spacial score (nSPS) is 11.8. The van der Waals surface area contributed by atoms with E-state index in [1.807, 2.05) is 18.9 Å². The van der Waals surface area contributed by atoms with E-state index in [9.17, 15) is 13.2 Å². The number of pyridine rings is 2. The summed E-state index contributed by atoms with van der Waals surface area (Å²) in [7, 11) is 1.91. The van der Waals surface area contributed by atoms with Gasteiger partial charge in [0.1, 0.15) is 12.3 Å². The van der Waals surface area contributed by atoms with Crippen LogP contribution in [0.4, 0.5) is 18.9 Å². The molecule has 0 aliphatic heterocycles. The highest BCUT2D eigenvalue weighted by Gasteiger charge is 2.32. The Hall–Kier alpha value is -2.16. The highest BCUT2D eigenvalue weighted by Crippen LogP contribution is 2.30. The molecule has 0 amide bonds. The maximum Gasteiger partial charge on any atom is 0.433 e. The van der Waals surface area contributed by atoms with Gasteiger partial charge in [-0.3, -0.25) is 4.98 Å². The van der Waals surface area contributed by atoms with Crippen molar-refractivity contribution in [1.29, 1.82) is 0 Å². The smallest absolute Gasteiger partial charge is 0.433 e. The molecule has 0 bridgehead atoms. The number of ether oxygens (including phenoxy) is 1. The molecule has 26 heavy (non-hydrogen) atoms. The van der Waals surface area contributed by atoms with Crippen LogP contribution in [0.2, 0.25) is 0 Å². The minimum atomic E-state index is -4.46. The average molecular weight is 431 g/mol. The van der Waals surface area contributed by atoms with E-state index < -0.39 is 11.9 Å². The standard InChI is InChI=1S/C17H18BrF3N4O/c1-4-25(3)10-23-14-7-13(18)16(24-11(14)2)26-9-12-5-6-15(22-8-12)17(19,20)21/h5-8,10H,4,9H2,1-3H3. The van der Waals surface area contributed by atoms with Crippen LogP contribution in [-0.2, 0) is 12.8 Å². The van der Waals surface area contributed by atoms with E-state index in [0.717, 1.165) is 18.8 Å². The van der Waals surface area contributed by atoms with E-state index in [1.54, 1.807) is 19.3 Å². The third-order valence-corrected chi connectivity index (χ3v) is 4.06. The van der Waals surface area contributed by atoms with E-state index in [1.165, 1.54) is 6.07 Å². The molecule has 0 unspecified atom stereocenters. The summed E-state index contributed by atoms with van der Waals surface area (Å²) < 4.78 is 43.7. The summed E-state index contributed by atoms with van der Waals surface area (Å²) in [5.41, 5.74) is 0.946. The lowest BCUT2D eigenvalue weighted by molar-refractivity contribution is -0.141. The Balaban J connectivity index is 2.08. The fraction of sp³-hybridized carbons (Fsp3) is 0.353. The van der Waals surface area contributed by atoms with Crippen molar-refractivity contribution in [3.05, 3.63) is 45.8 Å². The largest absolute Gasteiger partial charge is 0.472 e. The fourth-order valence-corrected chi connectivity index (χ4v) is 2.27. The third kappa shape index (κ3) is 5.42. The zero-order valence-corrected chi connectivity index (χ0v) is 16.1. The van der Waals surface area contributed by atoms with Crippen LogP contribution >= 0.6 is 15.9 Å². The van der Waals surface area contributed by atoms with Crippen molar-refractivity contribution in [1.82, 2.24) is 14.9 Å².